The number of aromatic nitrogens is 2. The molecular formula is C19H15BrClN5O4. The van der Waals surface area contributed by atoms with Crippen LogP contribution in [0, 0.1) is 24.0 Å². The van der Waals surface area contributed by atoms with Gasteiger partial charge in [0.15, 0.2) is 0 Å². The Morgan fingerprint density at radius 3 is 2.50 bits per heavy atom. The summed E-state index contributed by atoms with van der Waals surface area (Å²) in [6.07, 6.45) is 1.09. The third-order valence-electron chi connectivity index (χ3n) is 4.01. The Labute approximate surface area is 184 Å². The fourth-order valence-electron chi connectivity index (χ4n) is 2.60. The van der Waals surface area contributed by atoms with Gasteiger partial charge in [-0.2, -0.15) is 4.98 Å². The summed E-state index contributed by atoms with van der Waals surface area (Å²) in [5.41, 5.74) is 6.16. The molecule has 0 unspecified atom stereocenters. The van der Waals surface area contributed by atoms with E-state index >= 15 is 0 Å². The van der Waals surface area contributed by atoms with Crippen LogP contribution in [0.3, 0.4) is 0 Å². The molecule has 1 amide bonds. The number of carbonyl (C=O) groups is 1. The molecule has 11 heteroatoms. The normalized spacial score (nSPS) is 10.4. The molecule has 0 bridgehead atoms. The Balaban J connectivity index is 1.87. The number of rotatable bonds is 6. The van der Waals surface area contributed by atoms with Crippen molar-refractivity contribution in [3.63, 3.8) is 0 Å². The Morgan fingerprint density at radius 1 is 1.20 bits per heavy atom. The summed E-state index contributed by atoms with van der Waals surface area (Å²) < 4.78 is 6.20. The minimum Gasteiger partial charge on any atom is -0.434 e. The SMILES string of the molecule is Cc1cc(Oc2ncnc(NNC(=O)c3ccccc3Br)c2[N+](=O)[O-])cc(C)c1Cl. The molecule has 2 aromatic carbocycles. The van der Waals surface area contributed by atoms with Gasteiger partial charge in [-0.3, -0.25) is 25.8 Å². The van der Waals surface area contributed by atoms with Crippen molar-refractivity contribution in [3.8, 4) is 11.6 Å². The molecule has 0 atom stereocenters. The number of hydrogen-bond donors (Lipinski definition) is 2. The highest BCUT2D eigenvalue weighted by Crippen LogP contribution is 2.35. The van der Waals surface area contributed by atoms with Gasteiger partial charge in [-0.25, -0.2) is 4.98 Å². The maximum Gasteiger partial charge on any atom is 0.374 e. The van der Waals surface area contributed by atoms with Crippen LogP contribution in [0.5, 0.6) is 11.6 Å². The van der Waals surface area contributed by atoms with Crippen molar-refractivity contribution in [1.82, 2.24) is 15.4 Å². The number of carbonyl (C=O) groups excluding carboxylic acids is 1. The second kappa shape index (κ2) is 9.06. The van der Waals surface area contributed by atoms with Crippen LogP contribution in [-0.2, 0) is 0 Å². The lowest BCUT2D eigenvalue weighted by Gasteiger charge is -2.12. The number of halogens is 2. The Bertz CT molecular complexity index is 1120. The number of aryl methyl sites for hydroxylation is 2. The summed E-state index contributed by atoms with van der Waals surface area (Å²) >= 11 is 9.42. The van der Waals surface area contributed by atoms with E-state index in [0.29, 0.717) is 20.8 Å². The number of amides is 1. The van der Waals surface area contributed by atoms with E-state index in [0.717, 1.165) is 17.5 Å². The van der Waals surface area contributed by atoms with Gasteiger partial charge in [-0.15, -0.1) is 0 Å². The van der Waals surface area contributed by atoms with Gasteiger partial charge in [0.05, 0.1) is 10.5 Å². The first-order chi connectivity index (χ1) is 14.3. The summed E-state index contributed by atoms with van der Waals surface area (Å²) in [7, 11) is 0. The van der Waals surface area contributed by atoms with Gasteiger partial charge in [0.1, 0.15) is 12.1 Å². The van der Waals surface area contributed by atoms with Crippen LogP contribution in [0.15, 0.2) is 47.2 Å². The lowest BCUT2D eigenvalue weighted by atomic mass is 10.1. The van der Waals surface area contributed by atoms with Gasteiger partial charge in [0, 0.05) is 9.50 Å². The van der Waals surface area contributed by atoms with E-state index in [9.17, 15) is 14.9 Å². The van der Waals surface area contributed by atoms with Crippen LogP contribution in [0.25, 0.3) is 0 Å². The van der Waals surface area contributed by atoms with Crippen LogP contribution >= 0.6 is 27.5 Å². The van der Waals surface area contributed by atoms with E-state index < -0.39 is 16.5 Å². The van der Waals surface area contributed by atoms with Crippen molar-refractivity contribution in [3.05, 3.63) is 79.0 Å². The first kappa shape index (κ1) is 21.5. The van der Waals surface area contributed by atoms with Gasteiger partial charge in [0.25, 0.3) is 5.91 Å². The number of nitrogens with zero attached hydrogens (tertiary/aromatic N) is 3. The average Bonchev–Trinajstić information content (AvgIpc) is 2.70. The topological polar surface area (TPSA) is 119 Å². The van der Waals surface area contributed by atoms with Crippen LogP contribution in [0.1, 0.15) is 21.5 Å². The summed E-state index contributed by atoms with van der Waals surface area (Å²) in [6.45, 7) is 3.58. The fourth-order valence-corrected chi connectivity index (χ4v) is 3.17. The minimum atomic E-state index is -0.697. The molecule has 1 aromatic heterocycles. The molecular weight excluding hydrogens is 478 g/mol. The Kier molecular flexibility index (Phi) is 6.48. The molecule has 3 rings (SSSR count). The molecule has 1 heterocycles. The number of nitrogens with one attached hydrogen (secondary N) is 2. The first-order valence-electron chi connectivity index (χ1n) is 8.52. The zero-order valence-corrected chi connectivity index (χ0v) is 18.1. The molecule has 30 heavy (non-hydrogen) atoms. The number of hydrogen-bond acceptors (Lipinski definition) is 7. The second-order valence-corrected chi connectivity index (χ2v) is 7.40. The van der Waals surface area contributed by atoms with Gasteiger partial charge < -0.3 is 4.74 Å². The zero-order chi connectivity index (χ0) is 21.8. The maximum absolute atomic E-state index is 12.3. The number of ether oxygens (including phenoxy) is 1. The molecule has 154 valence electrons. The van der Waals surface area contributed by atoms with Gasteiger partial charge in [0.2, 0.25) is 5.82 Å². The molecule has 3 aromatic rings. The van der Waals surface area contributed by atoms with E-state index in [1.807, 2.05) is 0 Å². The quantitative estimate of drug-likeness (QED) is 0.368. The Hall–Kier alpha value is -3.24. The number of hydrazine groups is 1. The molecule has 0 fully saturated rings. The summed E-state index contributed by atoms with van der Waals surface area (Å²) in [4.78, 5) is 31.0. The van der Waals surface area contributed by atoms with Crippen LogP contribution in [0.2, 0.25) is 5.02 Å². The van der Waals surface area contributed by atoms with E-state index in [1.165, 1.54) is 0 Å². The fraction of sp³-hybridized carbons (Fsp3) is 0.105. The Morgan fingerprint density at radius 2 is 1.87 bits per heavy atom. The van der Waals surface area contributed by atoms with E-state index in [2.05, 4.69) is 36.7 Å². The van der Waals surface area contributed by atoms with Crippen LogP contribution < -0.4 is 15.6 Å². The molecule has 2 N–H and O–H groups in total. The predicted molar refractivity (Wildman–Crippen MR) is 115 cm³/mol. The largest absolute Gasteiger partial charge is 0.434 e. The van der Waals surface area contributed by atoms with E-state index in [-0.39, 0.29) is 11.7 Å². The lowest BCUT2D eigenvalue weighted by molar-refractivity contribution is -0.385. The first-order valence-corrected chi connectivity index (χ1v) is 9.70. The van der Waals surface area contributed by atoms with Crippen molar-refractivity contribution >= 4 is 44.9 Å². The van der Waals surface area contributed by atoms with Crippen LogP contribution in [0.4, 0.5) is 11.5 Å². The zero-order valence-electron chi connectivity index (χ0n) is 15.8. The van der Waals surface area contributed by atoms with Crippen LogP contribution in [-0.4, -0.2) is 20.8 Å². The molecule has 0 radical (unpaired) electrons. The molecule has 0 spiro atoms. The highest BCUT2D eigenvalue weighted by atomic mass is 79.9. The minimum absolute atomic E-state index is 0.229. The number of benzene rings is 2. The van der Waals surface area contributed by atoms with Gasteiger partial charge >= 0.3 is 11.6 Å². The monoisotopic (exact) mass is 491 g/mol. The van der Waals surface area contributed by atoms with Crippen molar-refractivity contribution in [2.75, 3.05) is 5.43 Å². The second-order valence-electron chi connectivity index (χ2n) is 6.17. The van der Waals surface area contributed by atoms with E-state index in [1.54, 1.807) is 50.2 Å². The maximum atomic E-state index is 12.3. The number of nitro groups is 1. The molecule has 0 saturated heterocycles. The number of anilines is 1. The van der Waals surface area contributed by atoms with Crippen molar-refractivity contribution in [1.29, 1.82) is 0 Å². The van der Waals surface area contributed by atoms with Gasteiger partial charge in [-0.05, 0) is 65.2 Å². The third-order valence-corrected chi connectivity index (χ3v) is 5.30. The molecule has 0 saturated carbocycles. The predicted octanol–water partition coefficient (Wildman–Crippen LogP) is 4.97. The van der Waals surface area contributed by atoms with Crippen molar-refractivity contribution in [2.45, 2.75) is 13.8 Å². The third kappa shape index (κ3) is 4.66. The van der Waals surface area contributed by atoms with Crippen molar-refractivity contribution < 1.29 is 14.5 Å². The molecule has 0 aliphatic heterocycles. The standard InChI is InChI=1S/C19H15BrClN5O4/c1-10-7-12(8-11(2)15(10)21)30-19-16(26(28)29)17(22-9-23-19)24-25-18(27)13-5-3-4-6-14(13)20/h3-9H,1-2H3,(H,25,27)(H,22,23,24). The summed E-state index contributed by atoms with van der Waals surface area (Å²) in [6, 6.07) is 10.0. The lowest BCUT2D eigenvalue weighted by Crippen LogP contribution is -2.30. The smallest absolute Gasteiger partial charge is 0.374 e. The summed E-state index contributed by atoms with van der Waals surface area (Å²) in [5, 5.41) is 12.2. The highest BCUT2D eigenvalue weighted by Gasteiger charge is 2.26. The van der Waals surface area contributed by atoms with Crippen molar-refractivity contribution in [2.24, 2.45) is 0 Å². The molecule has 0 aliphatic carbocycles. The summed E-state index contributed by atoms with van der Waals surface area (Å²) in [5.74, 6) is -0.692. The highest BCUT2D eigenvalue weighted by molar-refractivity contribution is 9.10. The average molecular weight is 493 g/mol. The molecule has 0 aliphatic rings. The molecule has 9 nitrogen and oxygen atoms in total. The van der Waals surface area contributed by atoms with Gasteiger partial charge in [-0.1, -0.05) is 23.7 Å². The van der Waals surface area contributed by atoms with E-state index in [4.69, 9.17) is 16.3 Å².